The lowest BCUT2D eigenvalue weighted by atomic mass is 10.1. The van der Waals surface area contributed by atoms with E-state index in [1.807, 2.05) is 0 Å². The minimum absolute atomic E-state index is 0.141. The van der Waals surface area contributed by atoms with E-state index in [2.05, 4.69) is 17.6 Å². The number of carbonyl (C=O) groups is 1. The highest BCUT2D eigenvalue weighted by Gasteiger charge is 2.27. The van der Waals surface area contributed by atoms with Gasteiger partial charge in [-0.15, -0.1) is 0 Å². The molecule has 1 amide bonds. The van der Waals surface area contributed by atoms with Crippen molar-refractivity contribution in [1.82, 2.24) is 10.6 Å². The molecule has 1 rings (SSSR count). The van der Waals surface area contributed by atoms with Crippen molar-refractivity contribution in [3.63, 3.8) is 0 Å². The van der Waals surface area contributed by atoms with Crippen molar-refractivity contribution in [1.29, 1.82) is 0 Å². The molecule has 0 spiro atoms. The third-order valence-electron chi connectivity index (χ3n) is 2.93. The molecule has 14 heavy (non-hydrogen) atoms. The topological polar surface area (TPSA) is 41.1 Å². The maximum absolute atomic E-state index is 10.9. The zero-order valence-electron chi connectivity index (χ0n) is 9.31. The summed E-state index contributed by atoms with van der Waals surface area (Å²) in [5, 5.41) is 6.03. The van der Waals surface area contributed by atoms with Crippen molar-refractivity contribution < 1.29 is 4.79 Å². The number of hydrogen-bond donors (Lipinski definition) is 2. The molecule has 1 unspecified atom stereocenters. The van der Waals surface area contributed by atoms with Crippen molar-refractivity contribution in [3.8, 4) is 0 Å². The first-order chi connectivity index (χ1) is 6.74. The van der Waals surface area contributed by atoms with Crippen LogP contribution in [0.3, 0.4) is 0 Å². The molecule has 0 heterocycles. The molecule has 1 fully saturated rings. The first kappa shape index (κ1) is 11.5. The summed E-state index contributed by atoms with van der Waals surface area (Å²) in [4.78, 5) is 10.9. The summed E-state index contributed by atoms with van der Waals surface area (Å²) in [6.45, 7) is 4.38. The first-order valence-corrected chi connectivity index (χ1v) is 5.65. The largest absolute Gasteiger partial charge is 0.359 e. The second-order valence-electron chi connectivity index (χ2n) is 4.30. The van der Waals surface area contributed by atoms with Gasteiger partial charge in [-0.05, 0) is 44.2 Å². The van der Waals surface area contributed by atoms with E-state index < -0.39 is 0 Å². The van der Waals surface area contributed by atoms with E-state index in [1.165, 1.54) is 12.8 Å². The minimum atomic E-state index is 0.141. The van der Waals surface area contributed by atoms with Crippen LogP contribution < -0.4 is 10.6 Å². The molecular weight excluding hydrogens is 176 g/mol. The predicted molar refractivity (Wildman–Crippen MR) is 58.1 cm³/mol. The Kier molecular flexibility index (Phi) is 4.94. The van der Waals surface area contributed by atoms with E-state index in [1.54, 1.807) is 7.05 Å². The molecular formula is C11H22N2O. The van der Waals surface area contributed by atoms with Crippen LogP contribution in [0.4, 0.5) is 0 Å². The molecule has 82 valence electrons. The summed E-state index contributed by atoms with van der Waals surface area (Å²) >= 11 is 0. The van der Waals surface area contributed by atoms with Gasteiger partial charge in [-0.2, -0.15) is 0 Å². The minimum Gasteiger partial charge on any atom is -0.359 e. The molecule has 3 nitrogen and oxygen atoms in total. The van der Waals surface area contributed by atoms with Crippen molar-refractivity contribution >= 4 is 5.91 Å². The zero-order chi connectivity index (χ0) is 10.4. The molecule has 1 saturated carbocycles. The average Bonchev–Trinajstić information content (AvgIpc) is 2.99. The highest BCUT2D eigenvalue weighted by Crippen LogP contribution is 2.35. The Balaban J connectivity index is 1.86. The van der Waals surface area contributed by atoms with Crippen LogP contribution in [0.2, 0.25) is 0 Å². The Morgan fingerprint density at radius 3 is 2.79 bits per heavy atom. The fourth-order valence-electron chi connectivity index (χ4n) is 1.66. The number of nitrogens with one attached hydrogen (secondary N) is 2. The molecule has 0 aromatic rings. The SMILES string of the molecule is CNC(=O)CCCNCC(C)C1CC1. The maximum atomic E-state index is 10.9. The van der Waals surface area contributed by atoms with Gasteiger partial charge in [0.25, 0.3) is 0 Å². The molecule has 0 bridgehead atoms. The number of rotatable bonds is 7. The van der Waals surface area contributed by atoms with Gasteiger partial charge < -0.3 is 10.6 Å². The summed E-state index contributed by atoms with van der Waals surface area (Å²) in [5.41, 5.74) is 0. The molecule has 1 aliphatic carbocycles. The van der Waals surface area contributed by atoms with Gasteiger partial charge in [0.1, 0.15) is 0 Å². The van der Waals surface area contributed by atoms with Crippen LogP contribution in [0, 0.1) is 11.8 Å². The Labute approximate surface area is 86.6 Å². The number of amides is 1. The molecule has 0 saturated heterocycles. The van der Waals surface area contributed by atoms with Crippen LogP contribution in [0.15, 0.2) is 0 Å². The Bertz CT molecular complexity index is 178. The van der Waals surface area contributed by atoms with Crippen molar-refractivity contribution in [2.45, 2.75) is 32.6 Å². The standard InChI is InChI=1S/C11H22N2O/c1-9(10-5-6-10)8-13-7-3-4-11(14)12-2/h9-10,13H,3-8H2,1-2H3,(H,12,14). The molecule has 0 aliphatic heterocycles. The van der Waals surface area contributed by atoms with Crippen LogP contribution >= 0.6 is 0 Å². The van der Waals surface area contributed by atoms with Crippen LogP contribution in [0.5, 0.6) is 0 Å². The van der Waals surface area contributed by atoms with Crippen LogP contribution in [0.1, 0.15) is 32.6 Å². The summed E-state index contributed by atoms with van der Waals surface area (Å²) < 4.78 is 0. The van der Waals surface area contributed by atoms with Crippen LogP contribution in [-0.4, -0.2) is 26.0 Å². The highest BCUT2D eigenvalue weighted by atomic mass is 16.1. The van der Waals surface area contributed by atoms with Crippen molar-refractivity contribution in [2.24, 2.45) is 11.8 Å². The molecule has 3 heteroatoms. The number of carbonyl (C=O) groups excluding carboxylic acids is 1. The summed E-state index contributed by atoms with van der Waals surface area (Å²) in [7, 11) is 1.69. The maximum Gasteiger partial charge on any atom is 0.219 e. The van der Waals surface area contributed by atoms with Crippen LogP contribution in [-0.2, 0) is 4.79 Å². The third-order valence-corrected chi connectivity index (χ3v) is 2.93. The predicted octanol–water partition coefficient (Wildman–Crippen LogP) is 1.15. The molecule has 1 aliphatic rings. The third kappa shape index (κ3) is 4.61. The zero-order valence-corrected chi connectivity index (χ0v) is 9.31. The normalized spacial score (nSPS) is 17.9. The van der Waals surface area contributed by atoms with Gasteiger partial charge in [0.15, 0.2) is 0 Å². The van der Waals surface area contributed by atoms with Gasteiger partial charge in [-0.3, -0.25) is 4.79 Å². The summed E-state index contributed by atoms with van der Waals surface area (Å²) in [6.07, 6.45) is 4.42. The van der Waals surface area contributed by atoms with Crippen LogP contribution in [0.25, 0.3) is 0 Å². The van der Waals surface area contributed by atoms with Gasteiger partial charge in [0, 0.05) is 13.5 Å². The summed E-state index contributed by atoms with van der Waals surface area (Å²) in [6, 6.07) is 0. The molecule has 0 radical (unpaired) electrons. The quantitative estimate of drug-likeness (QED) is 0.602. The van der Waals surface area contributed by atoms with E-state index in [9.17, 15) is 4.79 Å². The fourth-order valence-corrected chi connectivity index (χ4v) is 1.66. The molecule has 2 N–H and O–H groups in total. The van der Waals surface area contributed by atoms with Gasteiger partial charge in [0.05, 0.1) is 0 Å². The van der Waals surface area contributed by atoms with Gasteiger partial charge in [-0.1, -0.05) is 6.92 Å². The van der Waals surface area contributed by atoms with Gasteiger partial charge in [0.2, 0.25) is 5.91 Å². The van der Waals surface area contributed by atoms with Gasteiger partial charge >= 0.3 is 0 Å². The Morgan fingerprint density at radius 1 is 1.50 bits per heavy atom. The second-order valence-corrected chi connectivity index (χ2v) is 4.30. The average molecular weight is 198 g/mol. The molecule has 0 aromatic carbocycles. The summed E-state index contributed by atoms with van der Waals surface area (Å²) in [5.74, 6) is 1.93. The van der Waals surface area contributed by atoms with Crippen molar-refractivity contribution in [2.75, 3.05) is 20.1 Å². The van der Waals surface area contributed by atoms with Crippen molar-refractivity contribution in [3.05, 3.63) is 0 Å². The first-order valence-electron chi connectivity index (χ1n) is 5.65. The number of hydrogen-bond acceptors (Lipinski definition) is 2. The van der Waals surface area contributed by atoms with E-state index in [0.29, 0.717) is 6.42 Å². The lowest BCUT2D eigenvalue weighted by molar-refractivity contribution is -0.120. The molecule has 0 aromatic heterocycles. The van der Waals surface area contributed by atoms with E-state index in [-0.39, 0.29) is 5.91 Å². The Morgan fingerprint density at radius 2 is 2.21 bits per heavy atom. The molecule has 1 atom stereocenters. The highest BCUT2D eigenvalue weighted by molar-refractivity contribution is 5.75. The van der Waals surface area contributed by atoms with E-state index in [0.717, 1.165) is 31.3 Å². The second kappa shape index (κ2) is 6.02. The smallest absolute Gasteiger partial charge is 0.219 e. The lowest BCUT2D eigenvalue weighted by Crippen LogP contribution is -2.25. The van der Waals surface area contributed by atoms with E-state index >= 15 is 0 Å². The lowest BCUT2D eigenvalue weighted by Gasteiger charge is -2.10. The Hall–Kier alpha value is -0.570. The van der Waals surface area contributed by atoms with E-state index in [4.69, 9.17) is 0 Å². The fraction of sp³-hybridized carbons (Fsp3) is 0.909. The monoisotopic (exact) mass is 198 g/mol. The van der Waals surface area contributed by atoms with Gasteiger partial charge in [-0.25, -0.2) is 0 Å².